The number of rotatable bonds is 3. The summed E-state index contributed by atoms with van der Waals surface area (Å²) in [6, 6.07) is 11.0. The van der Waals surface area contributed by atoms with Gasteiger partial charge in [0.15, 0.2) is 0 Å². The number of carbonyl (C=O) groups excluding carboxylic acids is 1. The van der Waals surface area contributed by atoms with Gasteiger partial charge in [0.05, 0.1) is 6.10 Å². The largest absolute Gasteiger partial charge is 0.389 e. The standard InChI is InChI=1S/C16H16FNO2/c1-10-3-6-13(17)9-15(10)16(20)18-14-7-4-12(5-8-14)11(2)19/h3-9,11,19H,1-2H3,(H,18,20). The number of aliphatic hydroxyl groups is 1. The first kappa shape index (κ1) is 14.2. The highest BCUT2D eigenvalue weighted by molar-refractivity contribution is 6.05. The fraction of sp³-hybridized carbons (Fsp3) is 0.188. The van der Waals surface area contributed by atoms with Gasteiger partial charge in [-0.2, -0.15) is 0 Å². The molecule has 0 heterocycles. The van der Waals surface area contributed by atoms with Crippen molar-refractivity contribution >= 4 is 11.6 Å². The van der Waals surface area contributed by atoms with Crippen LogP contribution < -0.4 is 5.32 Å². The van der Waals surface area contributed by atoms with Gasteiger partial charge >= 0.3 is 0 Å². The second kappa shape index (κ2) is 5.84. The third kappa shape index (κ3) is 3.22. The molecule has 0 aliphatic carbocycles. The van der Waals surface area contributed by atoms with Gasteiger partial charge in [0.2, 0.25) is 0 Å². The normalized spacial score (nSPS) is 12.0. The number of aryl methyl sites for hydroxylation is 1. The van der Waals surface area contributed by atoms with Crippen LogP contribution in [0, 0.1) is 12.7 Å². The molecule has 2 rings (SSSR count). The Hall–Kier alpha value is -2.20. The highest BCUT2D eigenvalue weighted by Crippen LogP contribution is 2.17. The lowest BCUT2D eigenvalue weighted by Gasteiger charge is -2.09. The Morgan fingerprint density at radius 1 is 1.20 bits per heavy atom. The van der Waals surface area contributed by atoms with Crippen molar-refractivity contribution in [2.24, 2.45) is 0 Å². The first-order chi connectivity index (χ1) is 9.47. The van der Waals surface area contributed by atoms with Crippen molar-refractivity contribution in [3.63, 3.8) is 0 Å². The average Bonchev–Trinajstić information content (AvgIpc) is 2.42. The van der Waals surface area contributed by atoms with Crippen LogP contribution in [0.15, 0.2) is 42.5 Å². The number of aliphatic hydroxyl groups excluding tert-OH is 1. The zero-order valence-corrected chi connectivity index (χ0v) is 11.4. The summed E-state index contributed by atoms with van der Waals surface area (Å²) in [7, 11) is 0. The molecule has 0 aliphatic heterocycles. The van der Waals surface area contributed by atoms with E-state index in [9.17, 15) is 14.3 Å². The molecule has 4 heteroatoms. The van der Waals surface area contributed by atoms with Crippen LogP contribution in [0.1, 0.15) is 34.5 Å². The molecule has 1 atom stereocenters. The van der Waals surface area contributed by atoms with Crippen molar-refractivity contribution in [2.75, 3.05) is 5.32 Å². The zero-order chi connectivity index (χ0) is 14.7. The molecule has 0 aliphatic rings. The Bertz CT molecular complexity index is 621. The van der Waals surface area contributed by atoms with Gasteiger partial charge in [-0.25, -0.2) is 4.39 Å². The molecule has 3 nitrogen and oxygen atoms in total. The number of carbonyl (C=O) groups is 1. The molecule has 0 bridgehead atoms. The van der Waals surface area contributed by atoms with E-state index in [0.717, 1.165) is 5.56 Å². The lowest BCUT2D eigenvalue weighted by atomic mass is 10.1. The van der Waals surface area contributed by atoms with E-state index >= 15 is 0 Å². The Balaban J connectivity index is 2.17. The molecule has 2 aromatic rings. The average molecular weight is 273 g/mol. The summed E-state index contributed by atoms with van der Waals surface area (Å²) in [5.41, 5.74) is 2.39. The second-order valence-electron chi connectivity index (χ2n) is 4.71. The predicted molar refractivity (Wildman–Crippen MR) is 76.2 cm³/mol. The van der Waals surface area contributed by atoms with Gasteiger partial charge in [-0.1, -0.05) is 18.2 Å². The van der Waals surface area contributed by atoms with Crippen molar-refractivity contribution in [3.05, 3.63) is 65.0 Å². The highest BCUT2D eigenvalue weighted by atomic mass is 19.1. The monoisotopic (exact) mass is 273 g/mol. The van der Waals surface area contributed by atoms with Gasteiger partial charge in [0.1, 0.15) is 5.82 Å². The summed E-state index contributed by atoms with van der Waals surface area (Å²) >= 11 is 0. The molecule has 20 heavy (non-hydrogen) atoms. The van der Waals surface area contributed by atoms with Crippen LogP contribution in [0.25, 0.3) is 0 Å². The molecule has 104 valence electrons. The van der Waals surface area contributed by atoms with Gasteiger partial charge < -0.3 is 10.4 Å². The number of hydrogen-bond donors (Lipinski definition) is 2. The van der Waals surface area contributed by atoms with Crippen LogP contribution in [0.5, 0.6) is 0 Å². The molecule has 0 saturated carbocycles. The van der Waals surface area contributed by atoms with Crippen molar-refractivity contribution in [3.8, 4) is 0 Å². The van der Waals surface area contributed by atoms with Gasteiger partial charge in [0, 0.05) is 11.3 Å². The fourth-order valence-electron chi connectivity index (χ4n) is 1.88. The van der Waals surface area contributed by atoms with Crippen molar-refractivity contribution in [1.29, 1.82) is 0 Å². The number of benzene rings is 2. The molecule has 0 fully saturated rings. The summed E-state index contributed by atoms with van der Waals surface area (Å²) in [6.07, 6.45) is -0.551. The van der Waals surface area contributed by atoms with Crippen molar-refractivity contribution in [2.45, 2.75) is 20.0 Å². The maximum atomic E-state index is 13.2. The molecular formula is C16H16FNO2. The molecule has 2 aromatic carbocycles. The molecule has 2 N–H and O–H groups in total. The maximum Gasteiger partial charge on any atom is 0.256 e. The van der Waals surface area contributed by atoms with E-state index in [-0.39, 0.29) is 5.91 Å². The maximum absolute atomic E-state index is 13.2. The number of nitrogens with one attached hydrogen (secondary N) is 1. The quantitative estimate of drug-likeness (QED) is 0.900. The van der Waals surface area contributed by atoms with Crippen molar-refractivity contribution < 1.29 is 14.3 Å². The Kier molecular flexibility index (Phi) is 4.15. The number of hydrogen-bond acceptors (Lipinski definition) is 2. The molecule has 1 unspecified atom stereocenters. The first-order valence-electron chi connectivity index (χ1n) is 6.33. The molecule has 0 aromatic heterocycles. The molecular weight excluding hydrogens is 257 g/mol. The van der Waals surface area contributed by atoms with E-state index in [0.29, 0.717) is 16.8 Å². The molecule has 1 amide bonds. The zero-order valence-electron chi connectivity index (χ0n) is 11.4. The van der Waals surface area contributed by atoms with E-state index in [4.69, 9.17) is 0 Å². The minimum atomic E-state index is -0.551. The van der Waals surface area contributed by atoms with Gasteiger partial charge in [-0.05, 0) is 49.2 Å². The number of anilines is 1. The van der Waals surface area contributed by atoms with Crippen LogP contribution in [-0.4, -0.2) is 11.0 Å². The summed E-state index contributed by atoms with van der Waals surface area (Å²) in [5.74, 6) is -0.794. The van der Waals surface area contributed by atoms with Crippen LogP contribution in [0.2, 0.25) is 0 Å². The Morgan fingerprint density at radius 3 is 2.45 bits per heavy atom. The van der Waals surface area contributed by atoms with Crippen molar-refractivity contribution in [1.82, 2.24) is 0 Å². The van der Waals surface area contributed by atoms with Crippen LogP contribution in [0.4, 0.5) is 10.1 Å². The van der Waals surface area contributed by atoms with Gasteiger partial charge in [-0.15, -0.1) is 0 Å². The van der Waals surface area contributed by atoms with Crippen LogP contribution in [0.3, 0.4) is 0 Å². The third-order valence-corrected chi connectivity index (χ3v) is 3.10. The molecule has 0 saturated heterocycles. The smallest absolute Gasteiger partial charge is 0.256 e. The lowest BCUT2D eigenvalue weighted by molar-refractivity contribution is 0.102. The Morgan fingerprint density at radius 2 is 1.85 bits per heavy atom. The predicted octanol–water partition coefficient (Wildman–Crippen LogP) is 3.44. The molecule has 0 spiro atoms. The summed E-state index contributed by atoms with van der Waals surface area (Å²) in [5, 5.41) is 12.1. The van der Waals surface area contributed by atoms with Crippen LogP contribution in [-0.2, 0) is 0 Å². The molecule has 0 radical (unpaired) electrons. The summed E-state index contributed by atoms with van der Waals surface area (Å²) < 4.78 is 13.2. The summed E-state index contributed by atoms with van der Waals surface area (Å²) in [4.78, 5) is 12.1. The third-order valence-electron chi connectivity index (χ3n) is 3.10. The Labute approximate surface area is 117 Å². The lowest BCUT2D eigenvalue weighted by Crippen LogP contribution is -2.13. The van der Waals surface area contributed by atoms with E-state index in [1.807, 2.05) is 0 Å². The van der Waals surface area contributed by atoms with E-state index < -0.39 is 11.9 Å². The fourth-order valence-corrected chi connectivity index (χ4v) is 1.88. The highest BCUT2D eigenvalue weighted by Gasteiger charge is 2.10. The van der Waals surface area contributed by atoms with E-state index in [1.54, 1.807) is 44.2 Å². The van der Waals surface area contributed by atoms with E-state index in [1.165, 1.54) is 12.1 Å². The van der Waals surface area contributed by atoms with Crippen LogP contribution >= 0.6 is 0 Å². The van der Waals surface area contributed by atoms with Gasteiger partial charge in [-0.3, -0.25) is 4.79 Å². The minimum Gasteiger partial charge on any atom is -0.389 e. The first-order valence-corrected chi connectivity index (χ1v) is 6.33. The van der Waals surface area contributed by atoms with Gasteiger partial charge in [0.25, 0.3) is 5.91 Å². The number of halogens is 1. The van der Waals surface area contributed by atoms with E-state index in [2.05, 4.69) is 5.32 Å². The second-order valence-corrected chi connectivity index (χ2v) is 4.71. The topological polar surface area (TPSA) is 49.3 Å². The SMILES string of the molecule is Cc1ccc(F)cc1C(=O)Nc1ccc(C(C)O)cc1. The number of amides is 1. The summed E-state index contributed by atoms with van der Waals surface area (Å²) in [6.45, 7) is 3.43. The minimum absolute atomic E-state index is 0.310.